The molecule has 1 aromatic heterocycles. The summed E-state index contributed by atoms with van der Waals surface area (Å²) in [5.41, 5.74) is 1.55. The predicted molar refractivity (Wildman–Crippen MR) is 82.8 cm³/mol. The van der Waals surface area contributed by atoms with Crippen molar-refractivity contribution in [1.82, 2.24) is 14.7 Å². The third-order valence-corrected chi connectivity index (χ3v) is 4.07. The number of aromatic nitrogens is 2. The van der Waals surface area contributed by atoms with Gasteiger partial charge in [-0.3, -0.25) is 19.5 Å². The van der Waals surface area contributed by atoms with Gasteiger partial charge in [0.05, 0.1) is 11.6 Å². The lowest BCUT2D eigenvalue weighted by Gasteiger charge is -2.14. The molecule has 1 aliphatic rings. The lowest BCUT2D eigenvalue weighted by atomic mass is 10.1. The number of benzene rings is 1. The molecule has 0 saturated carbocycles. The summed E-state index contributed by atoms with van der Waals surface area (Å²) in [6.07, 6.45) is 0.435. The summed E-state index contributed by atoms with van der Waals surface area (Å²) < 4.78 is 1.30. The Morgan fingerprint density at radius 2 is 1.96 bits per heavy atom. The number of likely N-dealkylation sites (tertiary alicyclic amines) is 1. The zero-order valence-electron chi connectivity index (χ0n) is 12.7. The molecule has 3 rings (SSSR count). The van der Waals surface area contributed by atoms with Gasteiger partial charge in [-0.1, -0.05) is 17.7 Å². The monoisotopic (exact) mass is 315 g/mol. The molecule has 0 spiro atoms. The van der Waals surface area contributed by atoms with Gasteiger partial charge < -0.3 is 10.0 Å². The zero-order valence-corrected chi connectivity index (χ0v) is 12.7. The number of H-pyrrole nitrogens is 1. The third-order valence-electron chi connectivity index (χ3n) is 4.07. The van der Waals surface area contributed by atoms with E-state index in [-0.39, 0.29) is 23.7 Å². The molecule has 1 aliphatic heterocycles. The SMILES string of the molecule is Cc1ccc(-n2[nH]c(C(=O)N3CC[C@@H](C(=O)O)C3)cc2=O)cc1. The fourth-order valence-electron chi connectivity index (χ4n) is 2.71. The van der Waals surface area contributed by atoms with E-state index in [9.17, 15) is 14.4 Å². The van der Waals surface area contributed by atoms with E-state index in [1.807, 2.05) is 19.1 Å². The Balaban J connectivity index is 1.83. The summed E-state index contributed by atoms with van der Waals surface area (Å²) >= 11 is 0. The second-order valence-electron chi connectivity index (χ2n) is 5.75. The standard InChI is InChI=1S/C16H17N3O4/c1-10-2-4-12(5-3-10)19-14(20)8-13(17-19)15(21)18-7-6-11(9-18)16(22)23/h2-5,8,11,17H,6-7,9H2,1H3,(H,22,23)/t11-/m1/s1. The maximum Gasteiger partial charge on any atom is 0.308 e. The summed E-state index contributed by atoms with van der Waals surface area (Å²) in [5.74, 6) is -1.78. The number of hydrogen-bond donors (Lipinski definition) is 2. The maximum absolute atomic E-state index is 12.4. The van der Waals surface area contributed by atoms with Gasteiger partial charge in [0.1, 0.15) is 5.69 Å². The van der Waals surface area contributed by atoms with E-state index in [0.29, 0.717) is 18.7 Å². The molecule has 23 heavy (non-hydrogen) atoms. The van der Waals surface area contributed by atoms with Crippen LogP contribution in [0, 0.1) is 12.8 Å². The molecule has 0 unspecified atom stereocenters. The smallest absolute Gasteiger partial charge is 0.308 e. The minimum atomic E-state index is -0.897. The van der Waals surface area contributed by atoms with Crippen molar-refractivity contribution in [3.63, 3.8) is 0 Å². The van der Waals surface area contributed by atoms with Crippen molar-refractivity contribution in [2.24, 2.45) is 5.92 Å². The number of aliphatic carboxylic acids is 1. The Labute approximate surface area is 132 Å². The highest BCUT2D eigenvalue weighted by Gasteiger charge is 2.32. The molecule has 7 heteroatoms. The Hall–Kier alpha value is -2.83. The average molecular weight is 315 g/mol. The minimum absolute atomic E-state index is 0.168. The van der Waals surface area contributed by atoms with Gasteiger partial charge in [-0.15, -0.1) is 0 Å². The normalized spacial score (nSPS) is 17.4. The predicted octanol–water partition coefficient (Wildman–Crippen LogP) is 1.02. The van der Waals surface area contributed by atoms with Crippen LogP contribution in [-0.2, 0) is 4.79 Å². The Morgan fingerprint density at radius 3 is 2.57 bits per heavy atom. The van der Waals surface area contributed by atoms with Gasteiger partial charge >= 0.3 is 5.97 Å². The van der Waals surface area contributed by atoms with Crippen LogP contribution >= 0.6 is 0 Å². The van der Waals surface area contributed by atoms with Gasteiger partial charge in [-0.2, -0.15) is 0 Å². The van der Waals surface area contributed by atoms with E-state index >= 15 is 0 Å². The lowest BCUT2D eigenvalue weighted by Crippen LogP contribution is -2.30. The third kappa shape index (κ3) is 2.90. The van der Waals surface area contributed by atoms with E-state index in [4.69, 9.17) is 5.11 Å². The zero-order chi connectivity index (χ0) is 16.6. The molecule has 0 radical (unpaired) electrons. The highest BCUT2D eigenvalue weighted by molar-refractivity contribution is 5.93. The highest BCUT2D eigenvalue weighted by atomic mass is 16.4. The first-order valence-electron chi connectivity index (χ1n) is 7.37. The fraction of sp³-hybridized carbons (Fsp3) is 0.312. The van der Waals surface area contributed by atoms with Gasteiger partial charge in [0.25, 0.3) is 11.5 Å². The fourth-order valence-corrected chi connectivity index (χ4v) is 2.71. The number of rotatable bonds is 3. The van der Waals surface area contributed by atoms with Crippen molar-refractivity contribution in [2.75, 3.05) is 13.1 Å². The quantitative estimate of drug-likeness (QED) is 0.884. The number of carbonyl (C=O) groups excluding carboxylic acids is 1. The van der Waals surface area contributed by atoms with Crippen LogP contribution in [0.4, 0.5) is 0 Å². The Morgan fingerprint density at radius 1 is 1.26 bits per heavy atom. The molecule has 1 fully saturated rings. The van der Waals surface area contributed by atoms with Crippen molar-refractivity contribution in [1.29, 1.82) is 0 Å². The Bertz CT molecular complexity index is 803. The molecule has 1 saturated heterocycles. The summed E-state index contributed by atoms with van der Waals surface area (Å²) in [7, 11) is 0. The van der Waals surface area contributed by atoms with Crippen LogP contribution in [0.3, 0.4) is 0 Å². The molecular weight excluding hydrogens is 298 g/mol. The van der Waals surface area contributed by atoms with Crippen LogP contribution in [-0.4, -0.2) is 44.8 Å². The first-order valence-corrected chi connectivity index (χ1v) is 7.37. The van der Waals surface area contributed by atoms with Crippen molar-refractivity contribution in [3.8, 4) is 5.69 Å². The molecule has 1 aromatic carbocycles. The maximum atomic E-state index is 12.4. The van der Waals surface area contributed by atoms with Crippen LogP contribution in [0.1, 0.15) is 22.5 Å². The van der Waals surface area contributed by atoms with Gasteiger partial charge in [0.15, 0.2) is 0 Å². The molecule has 2 aromatic rings. The number of aromatic amines is 1. The van der Waals surface area contributed by atoms with Crippen LogP contribution in [0.5, 0.6) is 0 Å². The van der Waals surface area contributed by atoms with Gasteiger partial charge in [0, 0.05) is 19.2 Å². The highest BCUT2D eigenvalue weighted by Crippen LogP contribution is 2.18. The van der Waals surface area contributed by atoms with Crippen molar-refractivity contribution in [2.45, 2.75) is 13.3 Å². The number of amides is 1. The first-order chi connectivity index (χ1) is 11.0. The molecule has 1 amide bonds. The molecule has 2 heterocycles. The second kappa shape index (κ2) is 5.75. The van der Waals surface area contributed by atoms with E-state index in [2.05, 4.69) is 5.10 Å². The average Bonchev–Trinajstić information content (AvgIpc) is 3.14. The number of carboxylic acids is 1. The molecule has 0 aliphatic carbocycles. The van der Waals surface area contributed by atoms with Crippen molar-refractivity contribution < 1.29 is 14.7 Å². The Kier molecular flexibility index (Phi) is 3.77. The van der Waals surface area contributed by atoms with E-state index in [1.54, 1.807) is 12.1 Å². The van der Waals surface area contributed by atoms with Crippen LogP contribution < -0.4 is 5.56 Å². The van der Waals surface area contributed by atoms with Crippen LogP contribution in [0.25, 0.3) is 5.69 Å². The van der Waals surface area contributed by atoms with Crippen molar-refractivity contribution in [3.05, 3.63) is 51.9 Å². The molecular formula is C16H17N3O4. The molecule has 7 nitrogen and oxygen atoms in total. The largest absolute Gasteiger partial charge is 0.481 e. The number of nitrogens with one attached hydrogen (secondary N) is 1. The molecule has 1 atom stereocenters. The minimum Gasteiger partial charge on any atom is -0.481 e. The van der Waals surface area contributed by atoms with Crippen LogP contribution in [0.2, 0.25) is 0 Å². The van der Waals surface area contributed by atoms with Gasteiger partial charge in [0.2, 0.25) is 0 Å². The first kappa shape index (κ1) is 15.1. The topological polar surface area (TPSA) is 95.4 Å². The number of nitrogens with zero attached hydrogens (tertiary/aromatic N) is 2. The molecule has 2 N–H and O–H groups in total. The summed E-state index contributed by atoms with van der Waals surface area (Å²) in [6, 6.07) is 8.58. The number of hydrogen-bond acceptors (Lipinski definition) is 3. The molecule has 120 valence electrons. The number of carboxylic acid groups (broad SMARTS) is 1. The molecule has 0 bridgehead atoms. The van der Waals surface area contributed by atoms with E-state index in [0.717, 1.165) is 5.56 Å². The summed E-state index contributed by atoms with van der Waals surface area (Å²) in [6.45, 7) is 2.50. The van der Waals surface area contributed by atoms with Gasteiger partial charge in [-0.25, -0.2) is 4.68 Å². The second-order valence-corrected chi connectivity index (χ2v) is 5.75. The number of carbonyl (C=O) groups is 2. The van der Waals surface area contributed by atoms with Gasteiger partial charge in [-0.05, 0) is 25.5 Å². The lowest BCUT2D eigenvalue weighted by molar-refractivity contribution is -0.141. The van der Waals surface area contributed by atoms with E-state index < -0.39 is 11.9 Å². The number of aryl methyl sites for hydroxylation is 1. The summed E-state index contributed by atoms with van der Waals surface area (Å²) in [4.78, 5) is 36.9. The summed E-state index contributed by atoms with van der Waals surface area (Å²) in [5, 5.41) is 11.8. The van der Waals surface area contributed by atoms with Crippen LogP contribution in [0.15, 0.2) is 35.1 Å². The van der Waals surface area contributed by atoms with Crippen molar-refractivity contribution >= 4 is 11.9 Å². The van der Waals surface area contributed by atoms with E-state index in [1.165, 1.54) is 15.6 Å².